The van der Waals surface area contributed by atoms with Crippen molar-refractivity contribution in [1.29, 1.82) is 0 Å². The highest BCUT2D eigenvalue weighted by Gasteiger charge is 2.33. The third-order valence-electron chi connectivity index (χ3n) is 4.37. The monoisotopic (exact) mass is 365 g/mol. The van der Waals surface area contributed by atoms with E-state index in [0.717, 1.165) is 18.4 Å². The van der Waals surface area contributed by atoms with Crippen LogP contribution in [0.25, 0.3) is 0 Å². The van der Waals surface area contributed by atoms with E-state index in [0.29, 0.717) is 22.9 Å². The topological polar surface area (TPSA) is 87.3 Å². The van der Waals surface area contributed by atoms with Crippen LogP contribution in [0.2, 0.25) is 0 Å². The zero-order valence-corrected chi connectivity index (χ0v) is 15.4. The fraction of sp³-hybridized carbons (Fsp3) is 0.286. The minimum atomic E-state index is -0.249. The fourth-order valence-corrected chi connectivity index (χ4v) is 3.10. The predicted octanol–water partition coefficient (Wildman–Crippen LogP) is 3.48. The van der Waals surface area contributed by atoms with Gasteiger partial charge in [-0.25, -0.2) is 0 Å². The van der Waals surface area contributed by atoms with E-state index in [-0.39, 0.29) is 23.8 Å². The lowest BCUT2D eigenvalue weighted by molar-refractivity contribution is -0.115. The van der Waals surface area contributed by atoms with Crippen LogP contribution in [-0.2, 0) is 9.59 Å². The van der Waals surface area contributed by atoms with Crippen molar-refractivity contribution in [3.63, 3.8) is 0 Å². The zero-order chi connectivity index (χ0) is 19.4. The van der Waals surface area contributed by atoms with Gasteiger partial charge in [0.1, 0.15) is 0 Å². The van der Waals surface area contributed by atoms with E-state index in [1.807, 2.05) is 30.3 Å². The summed E-state index contributed by atoms with van der Waals surface area (Å²) in [5.41, 5.74) is 2.38. The Labute approximate surface area is 158 Å². The van der Waals surface area contributed by atoms with E-state index < -0.39 is 0 Å². The van der Waals surface area contributed by atoms with Crippen molar-refractivity contribution < 1.29 is 14.4 Å². The summed E-state index contributed by atoms with van der Waals surface area (Å²) in [6.07, 6.45) is 2.17. The van der Waals surface area contributed by atoms with Gasteiger partial charge in [0.2, 0.25) is 11.8 Å². The van der Waals surface area contributed by atoms with Crippen molar-refractivity contribution in [3.05, 3.63) is 59.7 Å². The molecule has 0 bridgehead atoms. The van der Waals surface area contributed by atoms with Gasteiger partial charge in [0, 0.05) is 30.8 Å². The number of amides is 3. The minimum absolute atomic E-state index is 0.0488. The van der Waals surface area contributed by atoms with Gasteiger partial charge in [-0.1, -0.05) is 30.3 Å². The minimum Gasteiger partial charge on any atom is -0.345 e. The lowest BCUT2D eigenvalue weighted by Crippen LogP contribution is -2.30. The molecule has 6 heteroatoms. The summed E-state index contributed by atoms with van der Waals surface area (Å²) in [5.74, 6) is -0.304. The van der Waals surface area contributed by atoms with Gasteiger partial charge in [-0.2, -0.15) is 0 Å². The SMILES string of the molecule is CC(=O)Nc1cc(NC(C)=O)cc(C(=O)NC(c2ccccc2)C2CC2)c1. The van der Waals surface area contributed by atoms with Crippen molar-refractivity contribution in [3.8, 4) is 0 Å². The van der Waals surface area contributed by atoms with Crippen LogP contribution < -0.4 is 16.0 Å². The summed E-state index contributed by atoms with van der Waals surface area (Å²) >= 11 is 0. The highest BCUT2D eigenvalue weighted by Crippen LogP contribution is 2.41. The van der Waals surface area contributed by atoms with Gasteiger partial charge in [0.25, 0.3) is 5.91 Å². The molecule has 0 aliphatic heterocycles. The summed E-state index contributed by atoms with van der Waals surface area (Å²) in [4.78, 5) is 35.7. The first-order chi connectivity index (χ1) is 12.9. The molecule has 140 valence electrons. The molecule has 0 spiro atoms. The van der Waals surface area contributed by atoms with Gasteiger partial charge < -0.3 is 16.0 Å². The molecule has 0 heterocycles. The third kappa shape index (κ3) is 5.17. The van der Waals surface area contributed by atoms with Crippen molar-refractivity contribution in [2.45, 2.75) is 32.7 Å². The van der Waals surface area contributed by atoms with Gasteiger partial charge in [-0.15, -0.1) is 0 Å². The molecule has 2 aromatic rings. The maximum absolute atomic E-state index is 12.9. The molecule has 1 fully saturated rings. The van der Waals surface area contributed by atoms with E-state index in [1.54, 1.807) is 18.2 Å². The Morgan fingerprint density at radius 2 is 1.44 bits per heavy atom. The predicted molar refractivity (Wildman–Crippen MR) is 104 cm³/mol. The molecule has 2 aromatic carbocycles. The van der Waals surface area contributed by atoms with E-state index >= 15 is 0 Å². The first-order valence-electron chi connectivity index (χ1n) is 8.98. The third-order valence-corrected chi connectivity index (χ3v) is 4.37. The van der Waals surface area contributed by atoms with Crippen LogP contribution in [0.1, 0.15) is 48.7 Å². The summed E-state index contributed by atoms with van der Waals surface area (Å²) in [6.45, 7) is 2.78. The molecule has 0 aromatic heterocycles. The largest absolute Gasteiger partial charge is 0.345 e. The molecule has 3 N–H and O–H groups in total. The number of anilines is 2. The number of rotatable bonds is 6. The summed E-state index contributed by atoms with van der Waals surface area (Å²) in [5, 5.41) is 8.44. The van der Waals surface area contributed by atoms with Crippen LogP contribution in [0.3, 0.4) is 0 Å². The molecular weight excluding hydrogens is 342 g/mol. The van der Waals surface area contributed by atoms with E-state index in [9.17, 15) is 14.4 Å². The van der Waals surface area contributed by atoms with Crippen LogP contribution in [0.15, 0.2) is 48.5 Å². The second kappa shape index (κ2) is 8.03. The molecule has 1 atom stereocenters. The summed E-state index contributed by atoms with van der Waals surface area (Å²) in [7, 11) is 0. The van der Waals surface area contributed by atoms with E-state index in [1.165, 1.54) is 13.8 Å². The van der Waals surface area contributed by atoms with E-state index in [2.05, 4.69) is 16.0 Å². The second-order valence-electron chi connectivity index (χ2n) is 6.86. The standard InChI is InChI=1S/C21H23N3O3/c1-13(25)22-18-10-17(11-19(12-18)23-14(2)26)21(27)24-20(16-8-9-16)15-6-4-3-5-7-15/h3-7,10-12,16,20H,8-9H2,1-2H3,(H,22,25)(H,23,26)(H,24,27). The average Bonchev–Trinajstić information content (AvgIpc) is 3.43. The number of nitrogens with one attached hydrogen (secondary N) is 3. The molecule has 1 aliphatic carbocycles. The van der Waals surface area contributed by atoms with Gasteiger partial charge >= 0.3 is 0 Å². The van der Waals surface area contributed by atoms with Crippen LogP contribution in [-0.4, -0.2) is 17.7 Å². The maximum atomic E-state index is 12.9. The van der Waals surface area contributed by atoms with Crippen LogP contribution in [0, 0.1) is 5.92 Å². The Kier molecular flexibility index (Phi) is 5.54. The molecule has 3 rings (SSSR count). The first kappa shape index (κ1) is 18.6. The van der Waals surface area contributed by atoms with Gasteiger partial charge in [0.05, 0.1) is 6.04 Å². The van der Waals surface area contributed by atoms with Gasteiger partial charge in [-0.05, 0) is 42.5 Å². The van der Waals surface area contributed by atoms with Crippen molar-refractivity contribution in [1.82, 2.24) is 5.32 Å². The van der Waals surface area contributed by atoms with Crippen LogP contribution in [0.4, 0.5) is 11.4 Å². The Hall–Kier alpha value is -3.15. The molecule has 0 saturated heterocycles. The highest BCUT2D eigenvalue weighted by atomic mass is 16.2. The first-order valence-corrected chi connectivity index (χ1v) is 8.98. The van der Waals surface area contributed by atoms with Crippen molar-refractivity contribution in [2.75, 3.05) is 10.6 Å². The van der Waals surface area contributed by atoms with Crippen molar-refractivity contribution in [2.24, 2.45) is 5.92 Å². The Morgan fingerprint density at radius 1 is 0.889 bits per heavy atom. The highest BCUT2D eigenvalue weighted by molar-refractivity contribution is 6.00. The molecule has 1 saturated carbocycles. The Bertz CT molecular complexity index is 826. The fourth-order valence-electron chi connectivity index (χ4n) is 3.10. The molecule has 27 heavy (non-hydrogen) atoms. The van der Waals surface area contributed by atoms with Crippen LogP contribution >= 0.6 is 0 Å². The van der Waals surface area contributed by atoms with E-state index in [4.69, 9.17) is 0 Å². The molecule has 6 nitrogen and oxygen atoms in total. The number of hydrogen-bond donors (Lipinski definition) is 3. The molecule has 3 amide bonds. The van der Waals surface area contributed by atoms with Gasteiger partial charge in [-0.3, -0.25) is 14.4 Å². The van der Waals surface area contributed by atoms with Gasteiger partial charge in [0.15, 0.2) is 0 Å². The number of carbonyl (C=O) groups excluding carboxylic acids is 3. The zero-order valence-electron chi connectivity index (χ0n) is 15.4. The molecular formula is C21H23N3O3. The number of carbonyl (C=O) groups is 3. The summed E-state index contributed by atoms with van der Waals surface area (Å²) in [6, 6.07) is 14.7. The lowest BCUT2D eigenvalue weighted by Gasteiger charge is -2.19. The normalized spacial score (nSPS) is 14.1. The Morgan fingerprint density at radius 3 is 1.93 bits per heavy atom. The number of hydrogen-bond acceptors (Lipinski definition) is 3. The average molecular weight is 365 g/mol. The molecule has 1 aliphatic rings. The molecule has 1 unspecified atom stereocenters. The summed E-state index contributed by atoms with van der Waals surface area (Å²) < 4.78 is 0. The maximum Gasteiger partial charge on any atom is 0.251 e. The quantitative estimate of drug-likeness (QED) is 0.732. The smallest absolute Gasteiger partial charge is 0.251 e. The number of benzene rings is 2. The Balaban J connectivity index is 1.85. The molecule has 0 radical (unpaired) electrons. The lowest BCUT2D eigenvalue weighted by atomic mass is 10.0. The second-order valence-corrected chi connectivity index (χ2v) is 6.86. The van der Waals surface area contributed by atoms with Crippen LogP contribution in [0.5, 0.6) is 0 Å². The van der Waals surface area contributed by atoms with Crippen molar-refractivity contribution >= 4 is 29.1 Å².